The molecule has 1 unspecified atom stereocenters. The van der Waals surface area contributed by atoms with E-state index < -0.39 is 0 Å². The fourth-order valence-corrected chi connectivity index (χ4v) is 5.66. The summed E-state index contributed by atoms with van der Waals surface area (Å²) in [6.45, 7) is 7.18. The van der Waals surface area contributed by atoms with E-state index in [-0.39, 0.29) is 11.4 Å². The van der Waals surface area contributed by atoms with Crippen molar-refractivity contribution in [3.63, 3.8) is 0 Å². The van der Waals surface area contributed by atoms with Crippen LogP contribution in [0.25, 0.3) is 10.9 Å². The highest BCUT2D eigenvalue weighted by molar-refractivity contribution is 5.97. The number of benzene rings is 2. The predicted molar refractivity (Wildman–Crippen MR) is 146 cm³/mol. The minimum absolute atomic E-state index is 0.0937. The Kier molecular flexibility index (Phi) is 7.36. The van der Waals surface area contributed by atoms with Gasteiger partial charge in [0, 0.05) is 48.9 Å². The summed E-state index contributed by atoms with van der Waals surface area (Å²) in [6.07, 6.45) is 6.41. The number of pyridine rings is 1. The third-order valence-electron chi connectivity index (χ3n) is 8.03. The molecule has 0 spiro atoms. The molecule has 7 heteroatoms. The number of ether oxygens (including phenoxy) is 2. The molecule has 7 nitrogen and oxygen atoms in total. The number of carbonyl (C=O) groups excluding carboxylic acids is 1. The number of likely N-dealkylation sites (N-methyl/N-ethyl adjacent to an activating group) is 1. The van der Waals surface area contributed by atoms with E-state index in [1.54, 1.807) is 26.5 Å². The van der Waals surface area contributed by atoms with Gasteiger partial charge in [0.25, 0.3) is 5.91 Å². The fraction of sp³-hybridized carbons (Fsp3) is 0.467. The van der Waals surface area contributed by atoms with Crippen molar-refractivity contribution in [2.24, 2.45) is 0 Å². The van der Waals surface area contributed by atoms with Gasteiger partial charge in [0.15, 0.2) is 0 Å². The molecule has 37 heavy (non-hydrogen) atoms. The Labute approximate surface area is 219 Å². The summed E-state index contributed by atoms with van der Waals surface area (Å²) in [4.78, 5) is 22.6. The quantitative estimate of drug-likeness (QED) is 0.559. The topological polar surface area (TPSA) is 66.9 Å². The number of aryl methyl sites for hydroxylation is 1. The van der Waals surface area contributed by atoms with Gasteiger partial charge in [-0.1, -0.05) is 12.1 Å². The Morgan fingerprint density at radius 2 is 1.86 bits per heavy atom. The lowest BCUT2D eigenvalue weighted by molar-refractivity contribution is 0.0930. The van der Waals surface area contributed by atoms with Crippen LogP contribution < -0.4 is 14.8 Å². The molecule has 3 fully saturated rings. The number of rotatable bonds is 5. The molecule has 1 atom stereocenters. The van der Waals surface area contributed by atoms with Crippen molar-refractivity contribution < 1.29 is 14.3 Å². The minimum atomic E-state index is -0.386. The molecule has 2 aliphatic heterocycles. The van der Waals surface area contributed by atoms with E-state index in [2.05, 4.69) is 27.1 Å². The zero-order valence-electron chi connectivity index (χ0n) is 22.4. The number of fused-ring (bicyclic) bond motifs is 2. The number of hydrogen-bond donors (Lipinski definition) is 1. The van der Waals surface area contributed by atoms with Gasteiger partial charge in [-0.25, -0.2) is 0 Å². The molecule has 1 N–H and O–H groups in total. The van der Waals surface area contributed by atoms with Gasteiger partial charge in [0.2, 0.25) is 0 Å². The van der Waals surface area contributed by atoms with Crippen molar-refractivity contribution in [2.45, 2.75) is 44.2 Å². The van der Waals surface area contributed by atoms with Gasteiger partial charge in [0.05, 0.1) is 25.3 Å². The highest BCUT2D eigenvalue weighted by atomic mass is 16.5. The van der Waals surface area contributed by atoms with Gasteiger partial charge >= 0.3 is 0 Å². The van der Waals surface area contributed by atoms with E-state index in [1.807, 2.05) is 43.3 Å². The second-order valence-corrected chi connectivity index (χ2v) is 10.6. The van der Waals surface area contributed by atoms with E-state index >= 15 is 0 Å². The first-order chi connectivity index (χ1) is 17.9. The van der Waals surface area contributed by atoms with Crippen molar-refractivity contribution in [1.29, 1.82) is 0 Å². The average molecular weight is 503 g/mol. The molecule has 1 aliphatic carbocycles. The van der Waals surface area contributed by atoms with E-state index in [0.29, 0.717) is 11.3 Å². The van der Waals surface area contributed by atoms with Crippen LogP contribution in [0, 0.1) is 6.92 Å². The zero-order chi connectivity index (χ0) is 26.0. The molecule has 0 radical (unpaired) electrons. The number of aromatic nitrogens is 1. The van der Waals surface area contributed by atoms with E-state index in [4.69, 9.17) is 9.47 Å². The van der Waals surface area contributed by atoms with Gasteiger partial charge in [-0.15, -0.1) is 0 Å². The molecule has 2 aromatic carbocycles. The molecule has 6 rings (SSSR count). The Morgan fingerprint density at radius 1 is 1.05 bits per heavy atom. The van der Waals surface area contributed by atoms with Crippen LogP contribution in [-0.2, 0) is 5.54 Å². The van der Waals surface area contributed by atoms with Crippen LogP contribution in [0.4, 0.5) is 0 Å². The Morgan fingerprint density at radius 3 is 2.62 bits per heavy atom. The number of hydrogen-bond acceptors (Lipinski definition) is 6. The van der Waals surface area contributed by atoms with E-state index in [1.165, 1.54) is 39.0 Å². The maximum Gasteiger partial charge on any atom is 0.252 e. The number of methoxy groups -OCH3 is 2. The molecule has 0 bridgehead atoms. The first-order valence-corrected chi connectivity index (χ1v) is 13.3. The summed E-state index contributed by atoms with van der Waals surface area (Å²) in [5, 5.41) is 4.30. The average Bonchev–Trinajstić information content (AvgIpc) is 3.54. The molecule has 1 saturated carbocycles. The molecule has 2 saturated heterocycles. The van der Waals surface area contributed by atoms with Crippen molar-refractivity contribution in [1.82, 2.24) is 20.1 Å². The van der Waals surface area contributed by atoms with Crippen LogP contribution in [0.3, 0.4) is 0 Å². The Balaban J connectivity index is 0.000000233. The van der Waals surface area contributed by atoms with Crippen molar-refractivity contribution >= 4 is 16.8 Å². The summed E-state index contributed by atoms with van der Waals surface area (Å²) in [6, 6.07) is 14.3. The molecular formula is C30H38N4O3. The number of nitrogens with one attached hydrogen (secondary N) is 1. The number of carbonyl (C=O) groups is 1. The van der Waals surface area contributed by atoms with Crippen molar-refractivity contribution in [3.8, 4) is 11.5 Å². The van der Waals surface area contributed by atoms with Crippen LogP contribution in [-0.4, -0.2) is 74.2 Å². The molecule has 1 aromatic heterocycles. The minimum Gasteiger partial charge on any atom is -0.497 e. The van der Waals surface area contributed by atoms with Crippen LogP contribution in [0.15, 0.2) is 48.7 Å². The van der Waals surface area contributed by atoms with Crippen molar-refractivity contribution in [2.75, 3.05) is 47.4 Å². The maximum atomic E-state index is 13.0. The molecule has 3 aliphatic rings. The van der Waals surface area contributed by atoms with Gasteiger partial charge < -0.3 is 19.7 Å². The second kappa shape index (κ2) is 10.7. The zero-order valence-corrected chi connectivity index (χ0v) is 22.4. The molecule has 196 valence electrons. The van der Waals surface area contributed by atoms with E-state index in [9.17, 15) is 4.79 Å². The second-order valence-electron chi connectivity index (χ2n) is 10.6. The van der Waals surface area contributed by atoms with Crippen LogP contribution >= 0.6 is 0 Å². The lowest BCUT2D eigenvalue weighted by Crippen LogP contribution is -2.48. The number of amides is 1. The van der Waals surface area contributed by atoms with Gasteiger partial charge in [-0.3, -0.25) is 14.7 Å². The summed E-state index contributed by atoms with van der Waals surface area (Å²) < 4.78 is 10.7. The first kappa shape index (κ1) is 25.5. The summed E-state index contributed by atoms with van der Waals surface area (Å²) in [7, 11) is 5.48. The molecular weight excluding hydrogens is 464 g/mol. The monoisotopic (exact) mass is 502 g/mol. The molecule has 3 aromatic rings. The summed E-state index contributed by atoms with van der Waals surface area (Å²) in [5.41, 5.74) is 3.08. The summed E-state index contributed by atoms with van der Waals surface area (Å²) >= 11 is 0. The molecule has 1 amide bonds. The standard InChI is InChI=1S/C22H22N2O3.C8H16N2/c1-14-6-7-15(26-2)11-18(14)21(25)24-22(8-9-22)19-12-16(27-3)13-20-17(19)5-4-10-23-20;1-9-5-6-10-4-2-3-8(10)7-9/h4-7,10-13H,8-9H2,1-3H3,(H,24,25);8H,2-7H2,1H3. The Hall–Kier alpha value is -3.16. The first-order valence-electron chi connectivity index (χ1n) is 13.3. The van der Waals surface area contributed by atoms with Crippen LogP contribution in [0.2, 0.25) is 0 Å². The lowest BCUT2D eigenvalue weighted by atomic mass is 9.97. The smallest absolute Gasteiger partial charge is 0.252 e. The SMILES string of the molecule is CN1CCN2CCCC2C1.COc1ccc(C)c(C(=O)NC2(c3cc(OC)cc4ncccc34)CC2)c1. The highest BCUT2D eigenvalue weighted by Crippen LogP contribution is 2.49. The number of piperazine rings is 1. The number of nitrogens with zero attached hydrogens (tertiary/aromatic N) is 3. The third-order valence-corrected chi connectivity index (χ3v) is 8.03. The summed E-state index contributed by atoms with van der Waals surface area (Å²) in [5.74, 6) is 1.32. The maximum absolute atomic E-state index is 13.0. The highest BCUT2D eigenvalue weighted by Gasteiger charge is 2.47. The van der Waals surface area contributed by atoms with Crippen LogP contribution in [0.1, 0.15) is 47.2 Å². The van der Waals surface area contributed by atoms with Crippen LogP contribution in [0.5, 0.6) is 11.5 Å². The largest absolute Gasteiger partial charge is 0.497 e. The normalized spacial score (nSPS) is 20.5. The fourth-order valence-electron chi connectivity index (χ4n) is 5.66. The Bertz CT molecular complexity index is 1270. The lowest BCUT2D eigenvalue weighted by Gasteiger charge is -2.35. The van der Waals surface area contributed by atoms with Gasteiger partial charge in [-0.05, 0) is 81.6 Å². The van der Waals surface area contributed by atoms with Crippen molar-refractivity contribution in [3.05, 3.63) is 65.4 Å². The third kappa shape index (κ3) is 5.43. The predicted octanol–water partition coefficient (Wildman–Crippen LogP) is 4.38. The van der Waals surface area contributed by atoms with Gasteiger partial charge in [-0.2, -0.15) is 0 Å². The van der Waals surface area contributed by atoms with E-state index in [0.717, 1.165) is 46.7 Å². The van der Waals surface area contributed by atoms with Gasteiger partial charge in [0.1, 0.15) is 11.5 Å². The molecule has 3 heterocycles.